The third-order valence-electron chi connectivity index (χ3n) is 2.04. The van der Waals surface area contributed by atoms with Crippen LogP contribution in [0.4, 0.5) is 5.69 Å². The Morgan fingerprint density at radius 1 is 1.53 bits per heavy atom. The van der Waals surface area contributed by atoms with Crippen molar-refractivity contribution < 1.29 is 10.0 Å². The lowest BCUT2D eigenvalue weighted by Gasteiger charge is -2.02. The number of hydrogen-bond acceptors (Lipinski definition) is 4. The van der Waals surface area contributed by atoms with Crippen molar-refractivity contribution in [3.05, 3.63) is 39.4 Å². The first kappa shape index (κ1) is 11.1. The van der Waals surface area contributed by atoms with Crippen LogP contribution in [0, 0.1) is 21.4 Å². The van der Waals surface area contributed by atoms with Crippen molar-refractivity contribution in [3.63, 3.8) is 0 Å². The van der Waals surface area contributed by atoms with Gasteiger partial charge in [-0.2, -0.15) is 5.26 Å². The highest BCUT2D eigenvalue weighted by molar-refractivity contribution is 5.43. The van der Waals surface area contributed by atoms with Gasteiger partial charge in [-0.3, -0.25) is 10.1 Å². The SMILES string of the molecule is N#CCCc1ccc(CO)cc1[N+](=O)[O-]. The highest BCUT2D eigenvalue weighted by Gasteiger charge is 2.13. The quantitative estimate of drug-likeness (QED) is 0.597. The zero-order chi connectivity index (χ0) is 11.3. The molecule has 0 aliphatic carbocycles. The minimum absolute atomic E-state index is 0.0307. The van der Waals surface area contributed by atoms with Crippen LogP contribution in [-0.4, -0.2) is 10.0 Å². The predicted octanol–water partition coefficient (Wildman–Crippen LogP) is 1.54. The Hall–Kier alpha value is -1.93. The number of hydrogen-bond donors (Lipinski definition) is 1. The van der Waals surface area contributed by atoms with Crippen molar-refractivity contribution in [1.29, 1.82) is 5.26 Å². The van der Waals surface area contributed by atoms with Crippen LogP contribution in [0.2, 0.25) is 0 Å². The second kappa shape index (κ2) is 5.08. The summed E-state index contributed by atoms with van der Waals surface area (Å²) < 4.78 is 0. The third kappa shape index (κ3) is 2.76. The summed E-state index contributed by atoms with van der Waals surface area (Å²) in [5.41, 5.74) is 0.998. The van der Waals surface area contributed by atoms with Crippen molar-refractivity contribution in [2.24, 2.45) is 0 Å². The molecule has 0 heterocycles. The van der Waals surface area contributed by atoms with Gasteiger partial charge in [0.15, 0.2) is 0 Å². The van der Waals surface area contributed by atoms with E-state index in [1.807, 2.05) is 6.07 Å². The van der Waals surface area contributed by atoms with E-state index in [0.29, 0.717) is 17.5 Å². The van der Waals surface area contributed by atoms with E-state index in [4.69, 9.17) is 10.4 Å². The fourth-order valence-electron chi connectivity index (χ4n) is 1.28. The van der Waals surface area contributed by atoms with Crippen LogP contribution in [0.15, 0.2) is 18.2 Å². The van der Waals surface area contributed by atoms with Gasteiger partial charge in [0.1, 0.15) is 0 Å². The van der Waals surface area contributed by atoms with Crippen LogP contribution in [0.5, 0.6) is 0 Å². The average molecular weight is 206 g/mol. The van der Waals surface area contributed by atoms with Gasteiger partial charge < -0.3 is 5.11 Å². The van der Waals surface area contributed by atoms with Gasteiger partial charge in [-0.15, -0.1) is 0 Å². The van der Waals surface area contributed by atoms with Crippen LogP contribution >= 0.6 is 0 Å². The Balaban J connectivity index is 3.05. The maximum Gasteiger partial charge on any atom is 0.272 e. The maximum atomic E-state index is 10.7. The number of aliphatic hydroxyl groups is 1. The monoisotopic (exact) mass is 206 g/mol. The molecular formula is C10H10N2O3. The molecule has 15 heavy (non-hydrogen) atoms. The molecule has 1 aromatic carbocycles. The molecule has 78 valence electrons. The van der Waals surface area contributed by atoms with E-state index in [-0.39, 0.29) is 18.7 Å². The number of aliphatic hydroxyl groups excluding tert-OH is 1. The highest BCUT2D eigenvalue weighted by atomic mass is 16.6. The van der Waals surface area contributed by atoms with E-state index >= 15 is 0 Å². The summed E-state index contributed by atoms with van der Waals surface area (Å²) in [4.78, 5) is 10.2. The van der Waals surface area contributed by atoms with Crippen LogP contribution in [0.3, 0.4) is 0 Å². The van der Waals surface area contributed by atoms with E-state index in [2.05, 4.69) is 0 Å². The number of rotatable bonds is 4. The molecule has 0 spiro atoms. The van der Waals surface area contributed by atoms with Crippen molar-refractivity contribution in [2.45, 2.75) is 19.4 Å². The fraction of sp³-hybridized carbons (Fsp3) is 0.300. The van der Waals surface area contributed by atoms with Crippen molar-refractivity contribution in [3.8, 4) is 6.07 Å². The van der Waals surface area contributed by atoms with Crippen LogP contribution in [0.25, 0.3) is 0 Å². The molecule has 1 aromatic rings. The molecule has 0 radical (unpaired) electrons. The Labute approximate surface area is 86.7 Å². The minimum atomic E-state index is -0.494. The summed E-state index contributed by atoms with van der Waals surface area (Å²) in [6.45, 7) is -0.223. The lowest BCUT2D eigenvalue weighted by molar-refractivity contribution is -0.385. The molecule has 0 atom stereocenters. The number of nitriles is 1. The van der Waals surface area contributed by atoms with Crippen LogP contribution < -0.4 is 0 Å². The van der Waals surface area contributed by atoms with Crippen LogP contribution in [0.1, 0.15) is 17.5 Å². The largest absolute Gasteiger partial charge is 0.392 e. The van der Waals surface area contributed by atoms with Gasteiger partial charge in [0.25, 0.3) is 5.69 Å². The number of benzene rings is 1. The standard InChI is InChI=1S/C10H10N2O3/c11-5-1-2-9-4-3-8(7-13)6-10(9)12(14)15/h3-4,6,13H,1-2,7H2. The van der Waals surface area contributed by atoms with E-state index in [1.165, 1.54) is 6.07 Å². The molecular weight excluding hydrogens is 196 g/mol. The number of nitro groups is 1. The summed E-state index contributed by atoms with van der Waals surface area (Å²) in [7, 11) is 0. The molecule has 0 aliphatic rings. The Morgan fingerprint density at radius 3 is 2.80 bits per heavy atom. The normalized spacial score (nSPS) is 9.60. The fourth-order valence-corrected chi connectivity index (χ4v) is 1.28. The highest BCUT2D eigenvalue weighted by Crippen LogP contribution is 2.21. The lowest BCUT2D eigenvalue weighted by atomic mass is 10.1. The molecule has 0 aliphatic heterocycles. The van der Waals surface area contributed by atoms with E-state index < -0.39 is 4.92 Å². The first-order valence-corrected chi connectivity index (χ1v) is 4.43. The van der Waals surface area contributed by atoms with Gasteiger partial charge in [-0.1, -0.05) is 12.1 Å². The van der Waals surface area contributed by atoms with Gasteiger partial charge in [-0.05, 0) is 12.0 Å². The smallest absolute Gasteiger partial charge is 0.272 e. The molecule has 0 unspecified atom stereocenters. The Bertz CT molecular complexity index is 410. The third-order valence-corrected chi connectivity index (χ3v) is 2.04. The number of aryl methyl sites for hydroxylation is 1. The molecule has 0 saturated carbocycles. The van der Waals surface area contributed by atoms with Crippen molar-refractivity contribution >= 4 is 5.69 Å². The van der Waals surface area contributed by atoms with E-state index in [0.717, 1.165) is 0 Å². The van der Waals surface area contributed by atoms with Crippen molar-refractivity contribution in [2.75, 3.05) is 0 Å². The molecule has 5 heteroatoms. The molecule has 0 fully saturated rings. The molecule has 1 rings (SSSR count). The van der Waals surface area contributed by atoms with Gasteiger partial charge in [0.05, 0.1) is 17.6 Å². The zero-order valence-corrected chi connectivity index (χ0v) is 8.01. The minimum Gasteiger partial charge on any atom is -0.392 e. The molecule has 5 nitrogen and oxygen atoms in total. The predicted molar refractivity (Wildman–Crippen MR) is 53.0 cm³/mol. The molecule has 0 aromatic heterocycles. The molecule has 0 bridgehead atoms. The molecule has 0 saturated heterocycles. The number of nitro benzene ring substituents is 1. The maximum absolute atomic E-state index is 10.7. The number of nitrogens with zero attached hydrogens (tertiary/aromatic N) is 2. The van der Waals surface area contributed by atoms with Gasteiger partial charge in [0, 0.05) is 18.1 Å². The van der Waals surface area contributed by atoms with E-state index in [1.54, 1.807) is 12.1 Å². The van der Waals surface area contributed by atoms with Gasteiger partial charge in [-0.25, -0.2) is 0 Å². The summed E-state index contributed by atoms with van der Waals surface area (Å²) >= 11 is 0. The second-order valence-electron chi connectivity index (χ2n) is 3.04. The zero-order valence-electron chi connectivity index (χ0n) is 8.01. The first-order valence-electron chi connectivity index (χ1n) is 4.43. The summed E-state index contributed by atoms with van der Waals surface area (Å²) in [5.74, 6) is 0. The summed E-state index contributed by atoms with van der Waals surface area (Å²) in [6, 6.07) is 6.49. The Kier molecular flexibility index (Phi) is 3.77. The first-order chi connectivity index (χ1) is 7.19. The van der Waals surface area contributed by atoms with Gasteiger partial charge in [0.2, 0.25) is 0 Å². The molecule has 1 N–H and O–H groups in total. The summed E-state index contributed by atoms with van der Waals surface area (Å²) in [6.07, 6.45) is 0.609. The lowest BCUT2D eigenvalue weighted by Crippen LogP contribution is -1.97. The second-order valence-corrected chi connectivity index (χ2v) is 3.04. The molecule has 0 amide bonds. The van der Waals surface area contributed by atoms with Crippen molar-refractivity contribution in [1.82, 2.24) is 0 Å². The average Bonchev–Trinajstić information content (AvgIpc) is 2.26. The Morgan fingerprint density at radius 2 is 2.27 bits per heavy atom. The van der Waals surface area contributed by atoms with E-state index in [9.17, 15) is 10.1 Å². The van der Waals surface area contributed by atoms with Crippen LogP contribution in [-0.2, 0) is 13.0 Å². The summed E-state index contributed by atoms with van der Waals surface area (Å²) in [5, 5.41) is 27.9. The topological polar surface area (TPSA) is 87.2 Å². The van der Waals surface area contributed by atoms with Gasteiger partial charge >= 0.3 is 0 Å².